The molecule has 0 unspecified atom stereocenters. The summed E-state index contributed by atoms with van der Waals surface area (Å²) in [5.74, 6) is 0.470. The molecule has 2 N–H and O–H groups in total. The smallest absolute Gasteiger partial charge is 0.144 e. The van der Waals surface area contributed by atoms with Gasteiger partial charge in [-0.2, -0.15) is 5.26 Å². The van der Waals surface area contributed by atoms with E-state index in [0.29, 0.717) is 42.7 Å². The Labute approximate surface area is 129 Å². The van der Waals surface area contributed by atoms with E-state index in [-0.39, 0.29) is 0 Å². The number of hydrogen-bond acceptors (Lipinski definition) is 6. The van der Waals surface area contributed by atoms with Gasteiger partial charge in [-0.05, 0) is 13.0 Å². The van der Waals surface area contributed by atoms with Crippen LogP contribution in [-0.4, -0.2) is 60.0 Å². The zero-order chi connectivity index (χ0) is 15.3. The fourth-order valence-corrected chi connectivity index (χ4v) is 2.43. The van der Waals surface area contributed by atoms with Crippen LogP contribution in [0.5, 0.6) is 0 Å². The number of aliphatic hydroxyl groups is 1. The minimum atomic E-state index is -0.906. The Morgan fingerprint density at radius 1 is 1.57 bits per heavy atom. The van der Waals surface area contributed by atoms with E-state index in [0.717, 1.165) is 13.1 Å². The third-order valence-electron chi connectivity index (χ3n) is 3.27. The van der Waals surface area contributed by atoms with Gasteiger partial charge in [-0.1, -0.05) is 11.6 Å². The van der Waals surface area contributed by atoms with E-state index in [4.69, 9.17) is 21.6 Å². The SMILES string of the molecule is C[C@@](O)(CNc1ncc(C#N)cc1Cl)CN1CCOCC1. The molecule has 1 atom stereocenters. The van der Waals surface area contributed by atoms with Gasteiger partial charge >= 0.3 is 0 Å². The van der Waals surface area contributed by atoms with Gasteiger partial charge in [0.2, 0.25) is 0 Å². The molecule has 21 heavy (non-hydrogen) atoms. The Kier molecular flexibility index (Phi) is 5.37. The highest BCUT2D eigenvalue weighted by Gasteiger charge is 2.25. The highest BCUT2D eigenvalue weighted by atomic mass is 35.5. The highest BCUT2D eigenvalue weighted by molar-refractivity contribution is 6.33. The number of nitrogens with one attached hydrogen (secondary N) is 1. The van der Waals surface area contributed by atoms with Crippen molar-refractivity contribution in [2.45, 2.75) is 12.5 Å². The maximum atomic E-state index is 10.5. The predicted octanol–water partition coefficient (Wildman–Crippen LogP) is 1.10. The Bertz CT molecular complexity index is 524. The average Bonchev–Trinajstić information content (AvgIpc) is 2.46. The molecule has 0 aliphatic carbocycles. The van der Waals surface area contributed by atoms with Crippen LogP contribution in [0.25, 0.3) is 0 Å². The minimum absolute atomic E-state index is 0.322. The molecule has 0 bridgehead atoms. The van der Waals surface area contributed by atoms with Gasteiger partial charge in [0.25, 0.3) is 0 Å². The monoisotopic (exact) mass is 310 g/mol. The van der Waals surface area contributed by atoms with E-state index in [2.05, 4.69) is 15.2 Å². The predicted molar refractivity (Wildman–Crippen MR) is 80.3 cm³/mol. The summed E-state index contributed by atoms with van der Waals surface area (Å²) in [6.07, 6.45) is 1.45. The molecule has 1 saturated heterocycles. The van der Waals surface area contributed by atoms with Crippen molar-refractivity contribution in [2.75, 3.05) is 44.7 Å². The molecule has 2 heterocycles. The molecule has 0 spiro atoms. The molecule has 1 aliphatic heterocycles. The Morgan fingerprint density at radius 2 is 2.29 bits per heavy atom. The van der Waals surface area contributed by atoms with Gasteiger partial charge < -0.3 is 15.2 Å². The van der Waals surface area contributed by atoms with Crippen LogP contribution in [0, 0.1) is 11.3 Å². The number of ether oxygens (including phenoxy) is 1. The number of morpholine rings is 1. The van der Waals surface area contributed by atoms with Crippen molar-refractivity contribution in [1.82, 2.24) is 9.88 Å². The van der Waals surface area contributed by atoms with Gasteiger partial charge in [-0.3, -0.25) is 4.90 Å². The molecule has 1 fully saturated rings. The summed E-state index contributed by atoms with van der Waals surface area (Å²) >= 11 is 6.04. The van der Waals surface area contributed by atoms with Crippen LogP contribution in [0.2, 0.25) is 5.02 Å². The van der Waals surface area contributed by atoms with E-state index in [1.165, 1.54) is 6.20 Å². The quantitative estimate of drug-likeness (QED) is 0.847. The number of aromatic nitrogens is 1. The lowest BCUT2D eigenvalue weighted by Gasteiger charge is -2.34. The molecular weight excluding hydrogens is 292 g/mol. The van der Waals surface area contributed by atoms with Crippen molar-refractivity contribution >= 4 is 17.4 Å². The second-order valence-corrected chi connectivity index (χ2v) is 5.81. The lowest BCUT2D eigenvalue weighted by molar-refractivity contribution is -0.0163. The third-order valence-corrected chi connectivity index (χ3v) is 3.56. The fourth-order valence-electron chi connectivity index (χ4n) is 2.20. The molecule has 0 radical (unpaired) electrons. The van der Waals surface area contributed by atoms with Gasteiger partial charge in [0.05, 0.1) is 29.4 Å². The largest absolute Gasteiger partial charge is 0.387 e. The molecule has 2 rings (SSSR count). The molecule has 1 aromatic rings. The number of nitriles is 1. The van der Waals surface area contributed by atoms with Gasteiger partial charge in [-0.25, -0.2) is 4.98 Å². The Hall–Kier alpha value is -1.39. The second-order valence-electron chi connectivity index (χ2n) is 5.41. The fraction of sp³-hybridized carbons (Fsp3) is 0.571. The van der Waals surface area contributed by atoms with Gasteiger partial charge in [-0.15, -0.1) is 0 Å². The van der Waals surface area contributed by atoms with Gasteiger partial charge in [0.15, 0.2) is 0 Å². The third kappa shape index (κ3) is 4.83. The van der Waals surface area contributed by atoms with Gasteiger partial charge in [0, 0.05) is 32.4 Å². The Balaban J connectivity index is 1.90. The van der Waals surface area contributed by atoms with E-state index in [1.807, 2.05) is 6.07 Å². The topological polar surface area (TPSA) is 81.4 Å². The molecule has 0 amide bonds. The summed E-state index contributed by atoms with van der Waals surface area (Å²) in [6.45, 7) is 5.70. The molecule has 0 aromatic carbocycles. The second kappa shape index (κ2) is 7.05. The lowest BCUT2D eigenvalue weighted by Crippen LogP contribution is -2.49. The summed E-state index contributed by atoms with van der Waals surface area (Å²) in [4.78, 5) is 6.25. The average molecular weight is 311 g/mol. The van der Waals surface area contributed by atoms with Crippen molar-refractivity contribution in [2.24, 2.45) is 0 Å². The summed E-state index contributed by atoms with van der Waals surface area (Å²) in [5.41, 5.74) is -0.499. The van der Waals surface area contributed by atoms with Crippen molar-refractivity contribution in [3.8, 4) is 6.07 Å². The Morgan fingerprint density at radius 3 is 2.90 bits per heavy atom. The maximum Gasteiger partial charge on any atom is 0.144 e. The zero-order valence-corrected chi connectivity index (χ0v) is 12.7. The minimum Gasteiger partial charge on any atom is -0.387 e. The maximum absolute atomic E-state index is 10.5. The highest BCUT2D eigenvalue weighted by Crippen LogP contribution is 2.20. The molecule has 0 saturated carbocycles. The number of rotatable bonds is 5. The number of β-amino-alcohol motifs (C(OH)–C–C–N with tert-alkyl or cyclic N) is 1. The number of hydrogen-bond donors (Lipinski definition) is 2. The normalized spacial score (nSPS) is 18.8. The first-order valence-corrected chi connectivity index (χ1v) is 7.20. The number of nitrogens with zero attached hydrogens (tertiary/aromatic N) is 3. The van der Waals surface area contributed by atoms with Crippen molar-refractivity contribution < 1.29 is 9.84 Å². The molecule has 1 aliphatic rings. The van der Waals surface area contributed by atoms with Crippen molar-refractivity contribution in [3.05, 3.63) is 22.8 Å². The van der Waals surface area contributed by atoms with Crippen LogP contribution in [-0.2, 0) is 4.74 Å². The molecule has 7 heteroatoms. The van der Waals surface area contributed by atoms with E-state index >= 15 is 0 Å². The first-order chi connectivity index (χ1) is 10.00. The van der Waals surface area contributed by atoms with Crippen molar-refractivity contribution in [1.29, 1.82) is 5.26 Å². The van der Waals surface area contributed by atoms with Crippen LogP contribution in [0.4, 0.5) is 5.82 Å². The lowest BCUT2D eigenvalue weighted by atomic mass is 10.1. The van der Waals surface area contributed by atoms with Crippen LogP contribution < -0.4 is 5.32 Å². The zero-order valence-electron chi connectivity index (χ0n) is 12.0. The summed E-state index contributed by atoms with van der Waals surface area (Å²) in [7, 11) is 0. The van der Waals surface area contributed by atoms with Crippen LogP contribution >= 0.6 is 11.6 Å². The number of pyridine rings is 1. The summed E-state index contributed by atoms with van der Waals surface area (Å²) in [5, 5.41) is 22.6. The number of anilines is 1. The first kappa shape index (κ1) is 16.0. The van der Waals surface area contributed by atoms with E-state index < -0.39 is 5.60 Å². The molecular formula is C14H19ClN4O2. The molecule has 1 aromatic heterocycles. The van der Waals surface area contributed by atoms with E-state index in [9.17, 15) is 5.11 Å². The van der Waals surface area contributed by atoms with Crippen molar-refractivity contribution in [3.63, 3.8) is 0 Å². The van der Waals surface area contributed by atoms with Crippen LogP contribution in [0.3, 0.4) is 0 Å². The summed E-state index contributed by atoms with van der Waals surface area (Å²) < 4.78 is 5.29. The van der Waals surface area contributed by atoms with E-state index in [1.54, 1.807) is 13.0 Å². The van der Waals surface area contributed by atoms with Crippen LogP contribution in [0.1, 0.15) is 12.5 Å². The summed E-state index contributed by atoms with van der Waals surface area (Å²) in [6, 6.07) is 3.53. The van der Waals surface area contributed by atoms with Crippen LogP contribution in [0.15, 0.2) is 12.3 Å². The molecule has 114 valence electrons. The standard InChI is InChI=1S/C14H19ClN4O2/c1-14(20,10-19-2-4-21-5-3-19)9-18-13-12(15)6-11(7-16)8-17-13/h6,8,20H,2-5,9-10H2,1H3,(H,17,18)/t14-/m1/s1. The molecule has 6 nitrogen and oxygen atoms in total. The van der Waals surface area contributed by atoms with Gasteiger partial charge in [0.1, 0.15) is 11.9 Å². The number of halogens is 1. The first-order valence-electron chi connectivity index (χ1n) is 6.82.